The Morgan fingerprint density at radius 2 is 2.00 bits per heavy atom. The van der Waals surface area contributed by atoms with Gasteiger partial charge in [-0.3, -0.25) is 0 Å². The van der Waals surface area contributed by atoms with E-state index in [1.54, 1.807) is 0 Å². The molecular formula is C9H22InN2O2+. The fourth-order valence-corrected chi connectivity index (χ4v) is 2.85. The number of carboxylic acids is 1. The third kappa shape index (κ3) is 7.64. The van der Waals surface area contributed by atoms with Crippen LogP contribution in [0.25, 0.3) is 0 Å². The van der Waals surface area contributed by atoms with Crippen molar-refractivity contribution in [2.75, 3.05) is 27.7 Å². The molecule has 0 aliphatic heterocycles. The van der Waals surface area contributed by atoms with Crippen LogP contribution in [-0.4, -0.2) is 74.0 Å². The first kappa shape index (κ1) is 14.3. The summed E-state index contributed by atoms with van der Waals surface area (Å²) in [5.74, 6) is -0.700. The summed E-state index contributed by atoms with van der Waals surface area (Å²) in [5.41, 5.74) is 0. The SMILES string of the molecule is C[N+](C)(C)CCCC[C@H]([NH][InH2])C(=O)O. The predicted molar refractivity (Wildman–Crippen MR) is 59.9 cm³/mol. The van der Waals surface area contributed by atoms with E-state index >= 15 is 0 Å². The van der Waals surface area contributed by atoms with Crippen LogP contribution < -0.4 is 3.30 Å². The van der Waals surface area contributed by atoms with E-state index in [2.05, 4.69) is 24.4 Å². The number of quaternary nitrogens is 1. The topological polar surface area (TPSA) is 49.3 Å². The van der Waals surface area contributed by atoms with Crippen LogP contribution in [0.3, 0.4) is 0 Å². The zero-order valence-corrected chi connectivity index (χ0v) is 15.4. The van der Waals surface area contributed by atoms with Crippen LogP contribution in [-0.2, 0) is 4.79 Å². The monoisotopic (exact) mass is 305 g/mol. The number of carbonyl (C=O) groups is 1. The van der Waals surface area contributed by atoms with Gasteiger partial charge in [0.2, 0.25) is 0 Å². The second kappa shape index (κ2) is 6.69. The van der Waals surface area contributed by atoms with Crippen molar-refractivity contribution in [1.82, 2.24) is 3.30 Å². The van der Waals surface area contributed by atoms with Crippen molar-refractivity contribution in [3.8, 4) is 0 Å². The van der Waals surface area contributed by atoms with Crippen molar-refractivity contribution < 1.29 is 14.4 Å². The Labute approximate surface area is 101 Å². The molecule has 14 heavy (non-hydrogen) atoms. The van der Waals surface area contributed by atoms with E-state index in [0.29, 0.717) is 0 Å². The maximum atomic E-state index is 10.7. The second-order valence-electron chi connectivity index (χ2n) is 4.69. The molecular weight excluding hydrogens is 283 g/mol. The molecule has 4 nitrogen and oxygen atoms in total. The zero-order valence-electron chi connectivity index (χ0n) is 9.71. The Bertz CT molecular complexity index is 180. The van der Waals surface area contributed by atoms with Crippen molar-refractivity contribution in [3.63, 3.8) is 0 Å². The summed E-state index contributed by atoms with van der Waals surface area (Å²) in [6.45, 7) is 1.11. The van der Waals surface area contributed by atoms with Crippen LogP contribution >= 0.6 is 0 Å². The molecule has 0 aromatic rings. The van der Waals surface area contributed by atoms with Crippen LogP contribution in [0, 0.1) is 0 Å². The number of nitrogens with one attached hydrogen (secondary N) is 1. The Morgan fingerprint density at radius 3 is 2.36 bits per heavy atom. The molecule has 0 heterocycles. The standard InChI is InChI=1S/C9H20N2O2.In.2H/c1-11(2,3)7-5-4-6-8(10)9(12)13;;;/h8,10H,4-7H2,1-3H3,(H,12,13);;;/q;+1;;/t8-;;;/m0.../s1. The summed E-state index contributed by atoms with van der Waals surface area (Å²) in [4.78, 5) is 10.7. The van der Waals surface area contributed by atoms with Crippen LogP contribution in [0.2, 0.25) is 0 Å². The van der Waals surface area contributed by atoms with E-state index in [4.69, 9.17) is 5.11 Å². The minimum atomic E-state index is -0.700. The van der Waals surface area contributed by atoms with Gasteiger partial charge in [0.15, 0.2) is 0 Å². The van der Waals surface area contributed by atoms with E-state index in [1.807, 2.05) is 0 Å². The average Bonchev–Trinajstić information content (AvgIpc) is 2.01. The second-order valence-corrected chi connectivity index (χ2v) is 6.34. The average molecular weight is 305 g/mol. The van der Waals surface area contributed by atoms with Crippen molar-refractivity contribution in [2.45, 2.75) is 25.3 Å². The fraction of sp³-hybridized carbons (Fsp3) is 0.889. The first-order valence-corrected chi connectivity index (χ1v) is 7.93. The van der Waals surface area contributed by atoms with Crippen LogP contribution in [0.15, 0.2) is 0 Å². The van der Waals surface area contributed by atoms with Gasteiger partial charge in [-0.1, -0.05) is 0 Å². The van der Waals surface area contributed by atoms with E-state index in [-0.39, 0.29) is 30.7 Å². The Hall–Kier alpha value is 0.260. The fourth-order valence-electron chi connectivity index (χ4n) is 1.33. The molecule has 2 N–H and O–H groups in total. The van der Waals surface area contributed by atoms with Gasteiger partial charge < -0.3 is 0 Å². The number of unbranched alkanes of at least 4 members (excludes halogenated alkanes) is 1. The molecule has 0 fully saturated rings. The molecule has 0 aliphatic carbocycles. The van der Waals surface area contributed by atoms with Gasteiger partial charge in [-0.05, 0) is 0 Å². The van der Waals surface area contributed by atoms with Gasteiger partial charge in [0, 0.05) is 0 Å². The summed E-state index contributed by atoms with van der Waals surface area (Å²) in [6, 6.07) is -0.293. The number of aliphatic carboxylic acids is 1. The number of nitrogens with zero attached hydrogens (tertiary/aromatic N) is 1. The number of hydrogen-bond donors (Lipinski definition) is 2. The molecule has 0 saturated carbocycles. The van der Waals surface area contributed by atoms with E-state index in [1.165, 1.54) is 0 Å². The normalized spacial score (nSPS) is 13.9. The van der Waals surface area contributed by atoms with Gasteiger partial charge >= 0.3 is 101 Å². The molecule has 0 aromatic carbocycles. The molecule has 5 heteroatoms. The minimum absolute atomic E-state index is 0.259. The summed E-state index contributed by atoms with van der Waals surface area (Å²) in [6.07, 6.45) is 2.87. The number of carboxylic acid groups (broad SMARTS) is 1. The third-order valence-corrected chi connectivity index (χ3v) is 4.21. The first-order valence-electron chi connectivity index (χ1n) is 5.07. The molecule has 0 aliphatic rings. The van der Waals surface area contributed by atoms with Gasteiger partial charge in [0.25, 0.3) is 0 Å². The summed E-state index contributed by atoms with van der Waals surface area (Å²) in [5, 5.41) is 8.80. The Morgan fingerprint density at radius 1 is 1.43 bits per heavy atom. The van der Waals surface area contributed by atoms with E-state index in [9.17, 15) is 4.79 Å². The van der Waals surface area contributed by atoms with E-state index in [0.717, 1.165) is 30.3 Å². The predicted octanol–water partition coefficient (Wildman–Crippen LogP) is -0.546. The van der Waals surface area contributed by atoms with Gasteiger partial charge in [-0.15, -0.1) is 0 Å². The molecule has 0 spiro atoms. The van der Waals surface area contributed by atoms with Gasteiger partial charge in [0.05, 0.1) is 0 Å². The summed E-state index contributed by atoms with van der Waals surface area (Å²) < 4.78 is 3.96. The molecule has 82 valence electrons. The summed E-state index contributed by atoms with van der Waals surface area (Å²) >= 11 is 0.259. The molecule has 0 bridgehead atoms. The zero-order chi connectivity index (χ0) is 11.2. The maximum absolute atomic E-state index is 10.7. The van der Waals surface area contributed by atoms with Gasteiger partial charge in [0.1, 0.15) is 0 Å². The molecule has 0 aromatic heterocycles. The van der Waals surface area contributed by atoms with Crippen molar-refractivity contribution in [2.24, 2.45) is 0 Å². The first-order chi connectivity index (χ1) is 6.37. The molecule has 1 atom stereocenters. The van der Waals surface area contributed by atoms with Gasteiger partial charge in [-0.25, -0.2) is 0 Å². The molecule has 0 radical (unpaired) electrons. The van der Waals surface area contributed by atoms with Gasteiger partial charge in [-0.2, -0.15) is 0 Å². The van der Waals surface area contributed by atoms with Crippen LogP contribution in [0.4, 0.5) is 0 Å². The van der Waals surface area contributed by atoms with Crippen LogP contribution in [0.5, 0.6) is 0 Å². The molecule has 0 unspecified atom stereocenters. The Balaban J connectivity index is 3.58. The summed E-state index contributed by atoms with van der Waals surface area (Å²) in [7, 11) is 6.47. The number of rotatable bonds is 7. The van der Waals surface area contributed by atoms with Crippen molar-refractivity contribution >= 4 is 30.6 Å². The quantitative estimate of drug-likeness (QED) is 0.490. The van der Waals surface area contributed by atoms with E-state index < -0.39 is 5.97 Å². The van der Waals surface area contributed by atoms with Crippen molar-refractivity contribution in [1.29, 1.82) is 0 Å². The third-order valence-electron chi connectivity index (χ3n) is 2.22. The van der Waals surface area contributed by atoms with Crippen LogP contribution in [0.1, 0.15) is 19.3 Å². The molecule has 0 saturated heterocycles. The molecule has 0 amide bonds. The number of hydrogen-bond acceptors (Lipinski definition) is 2. The molecule has 0 rings (SSSR count). The Kier molecular flexibility index (Phi) is 6.81. The van der Waals surface area contributed by atoms with Crippen molar-refractivity contribution in [3.05, 3.63) is 0 Å².